The third-order valence-corrected chi connectivity index (χ3v) is 2.37. The van der Waals surface area contributed by atoms with E-state index in [4.69, 9.17) is 0 Å². The van der Waals surface area contributed by atoms with Crippen molar-refractivity contribution in [3.63, 3.8) is 0 Å². The molecule has 2 rings (SSSR count). The first kappa shape index (κ1) is 6.23. The van der Waals surface area contributed by atoms with E-state index < -0.39 is 0 Å². The van der Waals surface area contributed by atoms with Crippen LogP contribution in [0.1, 0.15) is 6.42 Å². The fourth-order valence-corrected chi connectivity index (χ4v) is 1.73. The summed E-state index contributed by atoms with van der Waals surface area (Å²) in [6.07, 6.45) is 3.64. The van der Waals surface area contributed by atoms with E-state index in [0.29, 0.717) is 0 Å². The lowest BCUT2D eigenvalue weighted by molar-refractivity contribution is 0.218. The number of hydrogen-bond donors (Lipinski definition) is 0. The van der Waals surface area contributed by atoms with Crippen LogP contribution in [0.5, 0.6) is 0 Å². The van der Waals surface area contributed by atoms with Crippen LogP contribution in [0.3, 0.4) is 0 Å². The third-order valence-electron chi connectivity index (χ3n) is 2.37. The SMILES string of the molecule is CN1CCN2CCC=C2C1. The van der Waals surface area contributed by atoms with Gasteiger partial charge in [-0.05, 0) is 13.5 Å². The van der Waals surface area contributed by atoms with Crippen molar-refractivity contribution in [2.24, 2.45) is 0 Å². The second-order valence-corrected chi connectivity index (χ2v) is 3.21. The highest BCUT2D eigenvalue weighted by molar-refractivity contribution is 5.11. The van der Waals surface area contributed by atoms with Gasteiger partial charge < -0.3 is 4.90 Å². The Morgan fingerprint density at radius 3 is 3.10 bits per heavy atom. The summed E-state index contributed by atoms with van der Waals surface area (Å²) in [5, 5.41) is 0. The van der Waals surface area contributed by atoms with Crippen LogP contribution >= 0.6 is 0 Å². The van der Waals surface area contributed by atoms with Crippen LogP contribution < -0.4 is 0 Å². The number of fused-ring (bicyclic) bond motifs is 1. The second-order valence-electron chi connectivity index (χ2n) is 3.21. The minimum Gasteiger partial charge on any atom is -0.372 e. The Labute approximate surface area is 62.1 Å². The van der Waals surface area contributed by atoms with Crippen LogP contribution in [0.15, 0.2) is 11.8 Å². The van der Waals surface area contributed by atoms with Crippen LogP contribution in [-0.2, 0) is 0 Å². The van der Waals surface area contributed by atoms with Gasteiger partial charge in [-0.3, -0.25) is 4.90 Å². The summed E-state index contributed by atoms with van der Waals surface area (Å²) in [6, 6.07) is 0. The number of hydrogen-bond acceptors (Lipinski definition) is 2. The first-order valence-corrected chi connectivity index (χ1v) is 3.99. The van der Waals surface area contributed by atoms with E-state index in [2.05, 4.69) is 22.9 Å². The van der Waals surface area contributed by atoms with E-state index in [1.165, 1.54) is 32.6 Å². The van der Waals surface area contributed by atoms with Gasteiger partial charge in [0, 0.05) is 31.9 Å². The van der Waals surface area contributed by atoms with Crippen molar-refractivity contribution < 1.29 is 0 Å². The standard InChI is InChI=1S/C8H14N2/c1-9-5-6-10-4-2-3-8(10)7-9/h3H,2,4-7H2,1H3. The van der Waals surface area contributed by atoms with E-state index in [0.717, 1.165) is 0 Å². The number of likely N-dealkylation sites (N-methyl/N-ethyl adjacent to an activating group) is 1. The molecule has 10 heavy (non-hydrogen) atoms. The molecule has 2 aliphatic rings. The highest BCUT2D eigenvalue weighted by atomic mass is 15.3. The maximum Gasteiger partial charge on any atom is 0.0378 e. The van der Waals surface area contributed by atoms with Crippen molar-refractivity contribution >= 4 is 0 Å². The van der Waals surface area contributed by atoms with Crippen molar-refractivity contribution in [1.29, 1.82) is 0 Å². The summed E-state index contributed by atoms with van der Waals surface area (Å²) in [5.74, 6) is 0. The van der Waals surface area contributed by atoms with Crippen molar-refractivity contribution in [3.05, 3.63) is 11.8 Å². The molecular formula is C8H14N2. The van der Waals surface area contributed by atoms with Gasteiger partial charge in [0.2, 0.25) is 0 Å². The van der Waals surface area contributed by atoms with Gasteiger partial charge in [-0.1, -0.05) is 6.08 Å². The molecule has 56 valence electrons. The Bertz CT molecular complexity index is 163. The van der Waals surface area contributed by atoms with Gasteiger partial charge in [0.15, 0.2) is 0 Å². The van der Waals surface area contributed by atoms with Crippen LogP contribution in [0.25, 0.3) is 0 Å². The quantitative estimate of drug-likeness (QED) is 0.481. The maximum absolute atomic E-state index is 2.50. The minimum absolute atomic E-state index is 1.17. The smallest absolute Gasteiger partial charge is 0.0378 e. The average Bonchev–Trinajstić information content (AvgIpc) is 2.33. The molecule has 2 heteroatoms. The van der Waals surface area contributed by atoms with Crippen LogP contribution in [0, 0.1) is 0 Å². The third kappa shape index (κ3) is 0.926. The van der Waals surface area contributed by atoms with Crippen molar-refractivity contribution in [1.82, 2.24) is 9.80 Å². The average molecular weight is 138 g/mol. The Balaban J connectivity index is 2.07. The lowest BCUT2D eigenvalue weighted by atomic mass is 10.3. The fraction of sp³-hybridized carbons (Fsp3) is 0.750. The predicted molar refractivity (Wildman–Crippen MR) is 41.8 cm³/mol. The fourth-order valence-electron chi connectivity index (χ4n) is 1.73. The lowest BCUT2D eigenvalue weighted by Crippen LogP contribution is -2.40. The summed E-state index contributed by atoms with van der Waals surface area (Å²) >= 11 is 0. The largest absolute Gasteiger partial charge is 0.372 e. The van der Waals surface area contributed by atoms with Gasteiger partial charge in [-0.25, -0.2) is 0 Å². The molecule has 0 aliphatic carbocycles. The topological polar surface area (TPSA) is 6.48 Å². The summed E-state index contributed by atoms with van der Waals surface area (Å²) in [6.45, 7) is 4.91. The van der Waals surface area contributed by atoms with E-state index in [1.54, 1.807) is 5.70 Å². The molecule has 0 spiro atoms. The first-order chi connectivity index (χ1) is 4.86. The van der Waals surface area contributed by atoms with Crippen molar-refractivity contribution in [3.8, 4) is 0 Å². The molecule has 1 saturated heterocycles. The Morgan fingerprint density at radius 2 is 2.20 bits per heavy atom. The van der Waals surface area contributed by atoms with E-state index in [9.17, 15) is 0 Å². The summed E-state index contributed by atoms with van der Waals surface area (Å²) in [5.41, 5.74) is 1.55. The molecule has 2 heterocycles. The monoisotopic (exact) mass is 138 g/mol. The molecule has 0 atom stereocenters. The zero-order chi connectivity index (χ0) is 6.97. The van der Waals surface area contributed by atoms with Gasteiger partial charge >= 0.3 is 0 Å². The highest BCUT2D eigenvalue weighted by Gasteiger charge is 2.20. The van der Waals surface area contributed by atoms with E-state index in [1.807, 2.05) is 0 Å². The van der Waals surface area contributed by atoms with Gasteiger partial charge in [0.25, 0.3) is 0 Å². The number of piperazine rings is 1. The number of nitrogens with zero attached hydrogens (tertiary/aromatic N) is 2. The molecule has 2 aliphatic heterocycles. The molecule has 0 aromatic carbocycles. The van der Waals surface area contributed by atoms with Crippen molar-refractivity contribution in [2.45, 2.75) is 6.42 Å². The van der Waals surface area contributed by atoms with Crippen LogP contribution in [0.2, 0.25) is 0 Å². The van der Waals surface area contributed by atoms with Gasteiger partial charge in [-0.15, -0.1) is 0 Å². The van der Waals surface area contributed by atoms with E-state index in [-0.39, 0.29) is 0 Å². The van der Waals surface area contributed by atoms with Crippen LogP contribution in [0.4, 0.5) is 0 Å². The summed E-state index contributed by atoms with van der Waals surface area (Å²) in [4.78, 5) is 4.88. The van der Waals surface area contributed by atoms with Gasteiger partial charge in [0.1, 0.15) is 0 Å². The molecule has 0 N–H and O–H groups in total. The van der Waals surface area contributed by atoms with Gasteiger partial charge in [-0.2, -0.15) is 0 Å². The molecule has 0 aromatic heterocycles. The molecule has 0 radical (unpaired) electrons. The molecule has 2 nitrogen and oxygen atoms in total. The molecule has 0 aromatic rings. The Morgan fingerprint density at radius 1 is 1.30 bits per heavy atom. The molecule has 1 fully saturated rings. The predicted octanol–water partition coefficient (Wildman–Crippen LogP) is 0.521. The molecular weight excluding hydrogens is 124 g/mol. The normalized spacial score (nSPS) is 26.5. The Hall–Kier alpha value is -0.500. The van der Waals surface area contributed by atoms with Gasteiger partial charge in [0.05, 0.1) is 0 Å². The second kappa shape index (κ2) is 2.27. The Kier molecular flexibility index (Phi) is 1.42. The molecule has 0 unspecified atom stereocenters. The zero-order valence-corrected chi connectivity index (χ0v) is 6.51. The van der Waals surface area contributed by atoms with Crippen LogP contribution in [-0.4, -0.2) is 43.0 Å². The lowest BCUT2D eigenvalue weighted by Gasteiger charge is -2.33. The summed E-state index contributed by atoms with van der Waals surface area (Å²) in [7, 11) is 2.19. The minimum atomic E-state index is 1.17. The molecule has 0 saturated carbocycles. The van der Waals surface area contributed by atoms with E-state index >= 15 is 0 Å². The zero-order valence-electron chi connectivity index (χ0n) is 6.51. The maximum atomic E-state index is 2.50. The number of rotatable bonds is 0. The molecule has 0 amide bonds. The summed E-state index contributed by atoms with van der Waals surface area (Å²) < 4.78 is 0. The highest BCUT2D eigenvalue weighted by Crippen LogP contribution is 2.18. The first-order valence-electron chi connectivity index (χ1n) is 3.99. The molecule has 0 bridgehead atoms. The van der Waals surface area contributed by atoms with Crippen molar-refractivity contribution in [2.75, 3.05) is 33.2 Å².